The molecule has 2 aromatic rings. The van der Waals surface area contributed by atoms with Gasteiger partial charge in [0.2, 0.25) is 5.91 Å². The Morgan fingerprint density at radius 3 is 2.53 bits per heavy atom. The maximum absolute atomic E-state index is 12.7. The van der Waals surface area contributed by atoms with Crippen LogP contribution in [0.1, 0.15) is 12.0 Å². The predicted octanol–water partition coefficient (Wildman–Crippen LogP) is 3.89. The molecule has 0 unspecified atom stereocenters. The fourth-order valence-electron chi connectivity index (χ4n) is 2.96. The van der Waals surface area contributed by atoms with E-state index in [9.17, 15) is 27.6 Å². The second-order valence-electron chi connectivity index (χ2n) is 6.62. The number of nitrogens with one attached hydrogen (secondary N) is 1. The fraction of sp³-hybridized carbons (Fsp3) is 0.250. The van der Waals surface area contributed by atoms with Gasteiger partial charge in [-0.1, -0.05) is 17.7 Å². The van der Waals surface area contributed by atoms with E-state index in [4.69, 9.17) is 16.3 Å². The number of ether oxygens (including phenoxy) is 1. The van der Waals surface area contributed by atoms with E-state index in [1.807, 2.05) is 0 Å². The van der Waals surface area contributed by atoms with Crippen LogP contribution in [0.5, 0.6) is 0 Å². The highest BCUT2D eigenvalue weighted by atomic mass is 35.5. The Hall–Kier alpha value is -3.07. The Balaban J connectivity index is 1.52. The van der Waals surface area contributed by atoms with Crippen LogP contribution in [0.3, 0.4) is 0 Å². The van der Waals surface area contributed by atoms with Crippen molar-refractivity contribution >= 4 is 40.8 Å². The van der Waals surface area contributed by atoms with Crippen LogP contribution in [0.4, 0.5) is 24.5 Å². The third-order valence-corrected chi connectivity index (χ3v) is 4.67. The van der Waals surface area contributed by atoms with Gasteiger partial charge in [0.1, 0.15) is 0 Å². The number of carbonyl (C=O) groups excluding carboxylic acids is 3. The number of rotatable bonds is 5. The SMILES string of the molecule is O=C(COC(=O)[C@H]1CC(=O)N(c2ccc(Cl)cc2)C1)Nc1cccc(C(F)(F)F)c1. The summed E-state index contributed by atoms with van der Waals surface area (Å²) in [5.74, 6) is -2.55. The van der Waals surface area contributed by atoms with Crippen molar-refractivity contribution in [3.05, 3.63) is 59.1 Å². The first kappa shape index (κ1) is 21.6. The lowest BCUT2D eigenvalue weighted by atomic mass is 10.1. The molecular weight excluding hydrogens is 425 g/mol. The van der Waals surface area contributed by atoms with Crippen molar-refractivity contribution in [3.8, 4) is 0 Å². The number of hydrogen-bond donors (Lipinski definition) is 1. The summed E-state index contributed by atoms with van der Waals surface area (Å²) in [5.41, 5.74) is -0.401. The van der Waals surface area contributed by atoms with E-state index >= 15 is 0 Å². The molecule has 0 aromatic heterocycles. The third-order valence-electron chi connectivity index (χ3n) is 4.42. The maximum atomic E-state index is 12.7. The molecule has 1 atom stereocenters. The second-order valence-corrected chi connectivity index (χ2v) is 7.05. The molecule has 2 aromatic carbocycles. The first-order chi connectivity index (χ1) is 14.1. The molecule has 0 spiro atoms. The standard InChI is InChI=1S/C20H16ClF3N2O4/c21-14-4-6-16(7-5-14)26-10-12(8-18(26)28)19(29)30-11-17(27)25-15-3-1-2-13(9-15)20(22,23)24/h1-7,9,12H,8,10-11H2,(H,25,27)/t12-/m0/s1. The van der Waals surface area contributed by atoms with Crippen molar-refractivity contribution in [1.29, 1.82) is 0 Å². The summed E-state index contributed by atoms with van der Waals surface area (Å²) in [6.07, 6.45) is -4.62. The molecule has 1 saturated heterocycles. The van der Waals surface area contributed by atoms with Gasteiger partial charge in [-0.25, -0.2) is 0 Å². The molecule has 1 heterocycles. The van der Waals surface area contributed by atoms with Gasteiger partial charge in [-0.3, -0.25) is 14.4 Å². The monoisotopic (exact) mass is 440 g/mol. The molecule has 1 fully saturated rings. The molecule has 158 valence electrons. The highest BCUT2D eigenvalue weighted by molar-refractivity contribution is 6.30. The van der Waals surface area contributed by atoms with E-state index < -0.39 is 36.1 Å². The van der Waals surface area contributed by atoms with Gasteiger partial charge in [0.25, 0.3) is 5.91 Å². The highest BCUT2D eigenvalue weighted by Crippen LogP contribution is 2.30. The number of esters is 1. The Kier molecular flexibility index (Phi) is 6.31. The van der Waals surface area contributed by atoms with Gasteiger partial charge in [-0.15, -0.1) is 0 Å². The average Bonchev–Trinajstić information content (AvgIpc) is 3.08. The van der Waals surface area contributed by atoms with Gasteiger partial charge in [-0.2, -0.15) is 13.2 Å². The maximum Gasteiger partial charge on any atom is 0.416 e. The summed E-state index contributed by atoms with van der Waals surface area (Å²) in [7, 11) is 0. The first-order valence-corrected chi connectivity index (χ1v) is 9.21. The van der Waals surface area contributed by atoms with Gasteiger partial charge >= 0.3 is 12.1 Å². The van der Waals surface area contributed by atoms with E-state index in [0.29, 0.717) is 10.7 Å². The van der Waals surface area contributed by atoms with Gasteiger partial charge in [0, 0.05) is 29.4 Å². The predicted molar refractivity (Wildman–Crippen MR) is 103 cm³/mol. The molecule has 2 amide bonds. The van der Waals surface area contributed by atoms with Crippen molar-refractivity contribution in [2.75, 3.05) is 23.4 Å². The third kappa shape index (κ3) is 5.29. The molecule has 10 heteroatoms. The van der Waals surface area contributed by atoms with Gasteiger partial charge in [-0.05, 0) is 42.5 Å². The minimum atomic E-state index is -4.54. The Bertz CT molecular complexity index is 963. The summed E-state index contributed by atoms with van der Waals surface area (Å²) in [6, 6.07) is 10.6. The number of hydrogen-bond acceptors (Lipinski definition) is 4. The number of nitrogens with zero attached hydrogens (tertiary/aromatic N) is 1. The molecule has 1 N–H and O–H groups in total. The van der Waals surface area contributed by atoms with Gasteiger partial charge in [0.15, 0.2) is 6.61 Å². The zero-order valence-corrected chi connectivity index (χ0v) is 16.2. The molecule has 1 aliphatic heterocycles. The Morgan fingerprint density at radius 2 is 1.87 bits per heavy atom. The topological polar surface area (TPSA) is 75.7 Å². The van der Waals surface area contributed by atoms with E-state index in [-0.39, 0.29) is 24.6 Å². The Morgan fingerprint density at radius 1 is 1.17 bits per heavy atom. The lowest BCUT2D eigenvalue weighted by Gasteiger charge is -2.16. The molecule has 0 radical (unpaired) electrons. The van der Waals surface area contributed by atoms with Crippen LogP contribution in [0.2, 0.25) is 5.02 Å². The zero-order chi connectivity index (χ0) is 21.9. The smallest absolute Gasteiger partial charge is 0.416 e. The summed E-state index contributed by atoms with van der Waals surface area (Å²) in [5, 5.41) is 2.75. The molecule has 0 aliphatic carbocycles. The Labute approximate surface area is 174 Å². The fourth-order valence-corrected chi connectivity index (χ4v) is 3.09. The summed E-state index contributed by atoms with van der Waals surface area (Å²) >= 11 is 5.82. The van der Waals surface area contributed by atoms with Crippen LogP contribution >= 0.6 is 11.6 Å². The van der Waals surface area contributed by atoms with Crippen LogP contribution in [0.25, 0.3) is 0 Å². The van der Waals surface area contributed by atoms with E-state index in [0.717, 1.165) is 18.2 Å². The number of benzene rings is 2. The van der Waals surface area contributed by atoms with Crippen LogP contribution in [0, 0.1) is 5.92 Å². The lowest BCUT2D eigenvalue weighted by Crippen LogP contribution is -2.28. The molecule has 1 aliphatic rings. The van der Waals surface area contributed by atoms with Crippen LogP contribution in [0.15, 0.2) is 48.5 Å². The van der Waals surface area contributed by atoms with Crippen LogP contribution < -0.4 is 10.2 Å². The highest BCUT2D eigenvalue weighted by Gasteiger charge is 2.36. The number of alkyl halides is 3. The molecule has 6 nitrogen and oxygen atoms in total. The lowest BCUT2D eigenvalue weighted by molar-refractivity contribution is -0.151. The van der Waals surface area contributed by atoms with Crippen molar-refractivity contribution in [2.24, 2.45) is 5.92 Å². The molecule has 3 rings (SSSR count). The van der Waals surface area contributed by atoms with Crippen LogP contribution in [-0.4, -0.2) is 30.9 Å². The number of carbonyl (C=O) groups is 3. The number of halogens is 4. The number of anilines is 2. The number of amides is 2. The zero-order valence-electron chi connectivity index (χ0n) is 15.4. The van der Waals surface area contributed by atoms with E-state index in [2.05, 4.69) is 5.32 Å². The molecular formula is C20H16ClF3N2O4. The van der Waals surface area contributed by atoms with Crippen molar-refractivity contribution in [2.45, 2.75) is 12.6 Å². The van der Waals surface area contributed by atoms with E-state index in [1.54, 1.807) is 24.3 Å². The molecule has 30 heavy (non-hydrogen) atoms. The second kappa shape index (κ2) is 8.74. The van der Waals surface area contributed by atoms with Gasteiger partial charge in [0.05, 0.1) is 11.5 Å². The summed E-state index contributed by atoms with van der Waals surface area (Å²) < 4.78 is 43.1. The van der Waals surface area contributed by atoms with Gasteiger partial charge < -0.3 is 15.0 Å². The normalized spacial score (nSPS) is 16.5. The minimum absolute atomic E-state index is 0.0727. The van der Waals surface area contributed by atoms with Crippen molar-refractivity contribution in [3.63, 3.8) is 0 Å². The molecule has 0 bridgehead atoms. The average molecular weight is 441 g/mol. The first-order valence-electron chi connectivity index (χ1n) is 8.83. The van der Waals surface area contributed by atoms with Crippen molar-refractivity contribution < 1.29 is 32.3 Å². The van der Waals surface area contributed by atoms with Crippen molar-refractivity contribution in [1.82, 2.24) is 0 Å². The van der Waals surface area contributed by atoms with Crippen LogP contribution in [-0.2, 0) is 25.3 Å². The molecule has 0 saturated carbocycles. The quantitative estimate of drug-likeness (QED) is 0.716. The largest absolute Gasteiger partial charge is 0.455 e. The van der Waals surface area contributed by atoms with E-state index in [1.165, 1.54) is 11.0 Å². The summed E-state index contributed by atoms with van der Waals surface area (Å²) in [4.78, 5) is 37.7. The summed E-state index contributed by atoms with van der Waals surface area (Å²) in [6.45, 7) is -0.588. The minimum Gasteiger partial charge on any atom is -0.455 e.